The van der Waals surface area contributed by atoms with Gasteiger partial charge in [0, 0.05) is 12.1 Å². The van der Waals surface area contributed by atoms with Gasteiger partial charge in [0.15, 0.2) is 0 Å². The average molecular weight is 167 g/mol. The SMILES string of the molecule is C=CCC(NC1CCC1)C1CO1. The van der Waals surface area contributed by atoms with Crippen molar-refractivity contribution < 1.29 is 4.74 Å². The van der Waals surface area contributed by atoms with Crippen molar-refractivity contribution in [3.63, 3.8) is 0 Å². The molecule has 1 heterocycles. The second-order valence-corrected chi connectivity index (χ2v) is 3.80. The third-order valence-corrected chi connectivity index (χ3v) is 2.78. The third kappa shape index (κ3) is 1.87. The van der Waals surface area contributed by atoms with Crippen molar-refractivity contribution in [2.24, 2.45) is 0 Å². The fraction of sp³-hybridized carbons (Fsp3) is 0.800. The van der Waals surface area contributed by atoms with E-state index in [4.69, 9.17) is 4.74 Å². The molecule has 0 radical (unpaired) electrons. The molecule has 1 saturated carbocycles. The highest BCUT2D eigenvalue weighted by Crippen LogP contribution is 2.23. The Balaban J connectivity index is 1.74. The fourth-order valence-corrected chi connectivity index (χ4v) is 1.67. The van der Waals surface area contributed by atoms with Gasteiger partial charge in [0.1, 0.15) is 0 Å². The maximum absolute atomic E-state index is 5.28. The van der Waals surface area contributed by atoms with Gasteiger partial charge in [-0.2, -0.15) is 0 Å². The second-order valence-electron chi connectivity index (χ2n) is 3.80. The van der Waals surface area contributed by atoms with E-state index in [1.807, 2.05) is 6.08 Å². The molecule has 2 atom stereocenters. The molecule has 0 aromatic carbocycles. The Morgan fingerprint density at radius 1 is 1.58 bits per heavy atom. The van der Waals surface area contributed by atoms with E-state index in [2.05, 4.69) is 11.9 Å². The summed E-state index contributed by atoms with van der Waals surface area (Å²) in [5, 5.41) is 3.62. The molecule has 2 aliphatic rings. The Hall–Kier alpha value is -0.340. The molecule has 0 amide bonds. The van der Waals surface area contributed by atoms with Crippen molar-refractivity contribution in [3.8, 4) is 0 Å². The molecule has 1 aliphatic heterocycles. The van der Waals surface area contributed by atoms with Gasteiger partial charge in [-0.15, -0.1) is 6.58 Å². The van der Waals surface area contributed by atoms with E-state index in [1.54, 1.807) is 0 Å². The molecule has 2 unspecified atom stereocenters. The van der Waals surface area contributed by atoms with E-state index >= 15 is 0 Å². The molecule has 2 nitrogen and oxygen atoms in total. The first-order valence-electron chi connectivity index (χ1n) is 4.88. The average Bonchev–Trinajstić information content (AvgIpc) is 2.76. The topological polar surface area (TPSA) is 24.6 Å². The lowest BCUT2D eigenvalue weighted by Crippen LogP contribution is -2.44. The summed E-state index contributed by atoms with van der Waals surface area (Å²) in [5.74, 6) is 0. The van der Waals surface area contributed by atoms with Gasteiger partial charge in [-0.25, -0.2) is 0 Å². The normalized spacial score (nSPS) is 30.8. The predicted molar refractivity (Wildman–Crippen MR) is 49.1 cm³/mol. The van der Waals surface area contributed by atoms with Gasteiger partial charge in [0.2, 0.25) is 0 Å². The van der Waals surface area contributed by atoms with Crippen molar-refractivity contribution in [3.05, 3.63) is 12.7 Å². The summed E-state index contributed by atoms with van der Waals surface area (Å²) in [6, 6.07) is 1.30. The largest absolute Gasteiger partial charge is 0.371 e. The third-order valence-electron chi connectivity index (χ3n) is 2.78. The number of nitrogens with one attached hydrogen (secondary N) is 1. The quantitative estimate of drug-likeness (QED) is 0.495. The van der Waals surface area contributed by atoms with Gasteiger partial charge in [-0.05, 0) is 19.3 Å². The summed E-state index contributed by atoms with van der Waals surface area (Å²) in [5.41, 5.74) is 0. The van der Waals surface area contributed by atoms with Gasteiger partial charge in [-0.1, -0.05) is 12.5 Å². The van der Waals surface area contributed by atoms with Gasteiger partial charge < -0.3 is 10.1 Å². The Labute approximate surface area is 74.0 Å². The monoisotopic (exact) mass is 167 g/mol. The molecule has 12 heavy (non-hydrogen) atoms. The lowest BCUT2D eigenvalue weighted by molar-refractivity contribution is 0.264. The van der Waals surface area contributed by atoms with Crippen LogP contribution in [0.3, 0.4) is 0 Å². The van der Waals surface area contributed by atoms with Crippen LogP contribution in [0.1, 0.15) is 25.7 Å². The summed E-state index contributed by atoms with van der Waals surface area (Å²) < 4.78 is 5.28. The van der Waals surface area contributed by atoms with Crippen LogP contribution in [0.2, 0.25) is 0 Å². The lowest BCUT2D eigenvalue weighted by Gasteiger charge is -2.30. The van der Waals surface area contributed by atoms with Crippen molar-refractivity contribution in [1.82, 2.24) is 5.32 Å². The first kappa shape index (κ1) is 8.27. The number of hydrogen-bond acceptors (Lipinski definition) is 2. The van der Waals surface area contributed by atoms with Crippen molar-refractivity contribution >= 4 is 0 Å². The van der Waals surface area contributed by atoms with E-state index in [0.717, 1.165) is 19.1 Å². The molecule has 2 rings (SSSR count). The highest BCUT2D eigenvalue weighted by Gasteiger charge is 2.34. The lowest BCUT2D eigenvalue weighted by atomic mass is 9.92. The van der Waals surface area contributed by atoms with Crippen molar-refractivity contribution in [2.75, 3.05) is 6.61 Å². The molecule has 0 spiro atoms. The first-order valence-corrected chi connectivity index (χ1v) is 4.88. The van der Waals surface area contributed by atoms with E-state index in [-0.39, 0.29) is 0 Å². The maximum atomic E-state index is 5.28. The molecule has 0 bridgehead atoms. The Morgan fingerprint density at radius 3 is 2.75 bits per heavy atom. The molecule has 68 valence electrons. The summed E-state index contributed by atoms with van der Waals surface area (Å²) in [7, 11) is 0. The van der Waals surface area contributed by atoms with Crippen LogP contribution in [0, 0.1) is 0 Å². The van der Waals surface area contributed by atoms with E-state index < -0.39 is 0 Å². The number of hydrogen-bond donors (Lipinski definition) is 1. The summed E-state index contributed by atoms with van der Waals surface area (Å²) in [4.78, 5) is 0. The van der Waals surface area contributed by atoms with Crippen LogP contribution in [0.15, 0.2) is 12.7 Å². The van der Waals surface area contributed by atoms with Gasteiger partial charge in [0.05, 0.1) is 12.7 Å². The van der Waals surface area contributed by atoms with E-state index in [9.17, 15) is 0 Å². The van der Waals surface area contributed by atoms with Gasteiger partial charge >= 0.3 is 0 Å². The van der Waals surface area contributed by atoms with E-state index in [0.29, 0.717) is 12.1 Å². The molecular weight excluding hydrogens is 150 g/mol. The minimum atomic E-state index is 0.476. The highest BCUT2D eigenvalue weighted by atomic mass is 16.6. The fourth-order valence-electron chi connectivity index (χ4n) is 1.67. The molecule has 0 aromatic heterocycles. The Morgan fingerprint density at radius 2 is 2.33 bits per heavy atom. The predicted octanol–water partition coefficient (Wildman–Crippen LogP) is 1.47. The zero-order valence-electron chi connectivity index (χ0n) is 7.46. The Kier molecular flexibility index (Phi) is 2.47. The molecule has 2 fully saturated rings. The smallest absolute Gasteiger partial charge is 0.0965 e. The molecule has 1 N–H and O–H groups in total. The zero-order valence-corrected chi connectivity index (χ0v) is 7.46. The molecule has 1 saturated heterocycles. The standard InChI is InChI=1S/C10H17NO/c1-2-4-9(10-7-12-10)11-8-5-3-6-8/h2,8-11H,1,3-7H2. The van der Waals surface area contributed by atoms with Gasteiger partial charge in [-0.3, -0.25) is 0 Å². The molecule has 0 aromatic rings. The zero-order chi connectivity index (χ0) is 8.39. The minimum Gasteiger partial charge on any atom is -0.371 e. The van der Waals surface area contributed by atoms with E-state index in [1.165, 1.54) is 19.3 Å². The minimum absolute atomic E-state index is 0.476. The molecular formula is C10H17NO. The summed E-state index contributed by atoms with van der Waals surface area (Å²) >= 11 is 0. The van der Waals surface area contributed by atoms with Crippen LogP contribution in [0.5, 0.6) is 0 Å². The van der Waals surface area contributed by atoms with Gasteiger partial charge in [0.25, 0.3) is 0 Å². The van der Waals surface area contributed by atoms with Crippen LogP contribution in [-0.4, -0.2) is 24.8 Å². The van der Waals surface area contributed by atoms with Crippen LogP contribution >= 0.6 is 0 Å². The number of epoxide rings is 1. The van der Waals surface area contributed by atoms with Crippen LogP contribution in [0.4, 0.5) is 0 Å². The molecule has 2 heteroatoms. The highest BCUT2D eigenvalue weighted by molar-refractivity contribution is 4.93. The number of ether oxygens (including phenoxy) is 1. The summed E-state index contributed by atoms with van der Waals surface area (Å²) in [6.07, 6.45) is 7.59. The first-order chi connectivity index (χ1) is 5.90. The van der Waals surface area contributed by atoms with Crippen LogP contribution < -0.4 is 5.32 Å². The van der Waals surface area contributed by atoms with Crippen molar-refractivity contribution in [1.29, 1.82) is 0 Å². The number of rotatable bonds is 5. The second kappa shape index (κ2) is 3.58. The van der Waals surface area contributed by atoms with Crippen LogP contribution in [-0.2, 0) is 4.74 Å². The Bertz CT molecular complexity index is 161. The van der Waals surface area contributed by atoms with Crippen molar-refractivity contribution in [2.45, 2.75) is 43.9 Å². The molecule has 1 aliphatic carbocycles. The maximum Gasteiger partial charge on any atom is 0.0965 e. The summed E-state index contributed by atoms with van der Waals surface area (Å²) in [6.45, 7) is 4.71. The van der Waals surface area contributed by atoms with Crippen LogP contribution in [0.25, 0.3) is 0 Å².